The number of aromatic nitrogens is 2. The van der Waals surface area contributed by atoms with Crippen molar-refractivity contribution in [3.05, 3.63) is 44.9 Å². The lowest BCUT2D eigenvalue weighted by molar-refractivity contribution is 0.985. The van der Waals surface area contributed by atoms with E-state index >= 15 is 0 Å². The zero-order valence-electron chi connectivity index (χ0n) is 12.6. The van der Waals surface area contributed by atoms with Crippen molar-refractivity contribution in [3.63, 3.8) is 0 Å². The molecule has 3 rings (SSSR count). The van der Waals surface area contributed by atoms with Crippen LogP contribution < -0.4 is 0 Å². The molecular weight excluding hydrogens is 232 g/mol. The molecule has 1 heterocycles. The quantitative estimate of drug-likeness (QED) is 0.606. The lowest BCUT2D eigenvalue weighted by Crippen LogP contribution is -1.99. The second-order valence-electron chi connectivity index (χ2n) is 5.71. The summed E-state index contributed by atoms with van der Waals surface area (Å²) < 4.78 is 0. The van der Waals surface area contributed by atoms with E-state index in [0.717, 1.165) is 17.9 Å². The van der Waals surface area contributed by atoms with Crippen molar-refractivity contribution in [2.75, 3.05) is 0 Å². The Morgan fingerprint density at radius 2 is 1.32 bits per heavy atom. The molecule has 1 aromatic heterocycles. The fraction of sp³-hybridized carbons (Fsp3) is 0.412. The Hall–Kier alpha value is -1.70. The molecule has 1 aromatic carbocycles. The Balaban J connectivity index is 2.42. The van der Waals surface area contributed by atoms with Crippen molar-refractivity contribution in [2.24, 2.45) is 0 Å². The van der Waals surface area contributed by atoms with Gasteiger partial charge in [0.15, 0.2) is 0 Å². The second-order valence-corrected chi connectivity index (χ2v) is 5.71. The normalized spacial score (nSPS) is 12.5. The van der Waals surface area contributed by atoms with Crippen LogP contribution in [-0.2, 0) is 6.42 Å². The third-order valence-corrected chi connectivity index (χ3v) is 4.73. The highest BCUT2D eigenvalue weighted by Gasteiger charge is 2.27. The smallest absolute Gasteiger partial charge is 0.126 e. The van der Waals surface area contributed by atoms with Gasteiger partial charge in [0.1, 0.15) is 5.82 Å². The molecule has 0 amide bonds. The lowest BCUT2D eigenvalue weighted by Gasteiger charge is -2.15. The SMILES string of the molecule is Cc1nc(C)c2c(n1)-c1c(C)c(C)c(C)c(C)c1C2. The minimum atomic E-state index is 0.874. The van der Waals surface area contributed by atoms with Crippen LogP contribution >= 0.6 is 0 Å². The van der Waals surface area contributed by atoms with Crippen LogP contribution in [-0.4, -0.2) is 9.97 Å². The first-order valence-corrected chi connectivity index (χ1v) is 6.85. The zero-order chi connectivity index (χ0) is 13.9. The van der Waals surface area contributed by atoms with Gasteiger partial charge in [-0.05, 0) is 69.4 Å². The molecule has 0 atom stereocenters. The van der Waals surface area contributed by atoms with Crippen molar-refractivity contribution in [3.8, 4) is 11.3 Å². The summed E-state index contributed by atoms with van der Waals surface area (Å²) in [6, 6.07) is 0. The van der Waals surface area contributed by atoms with Crippen LogP contribution in [0.25, 0.3) is 11.3 Å². The summed E-state index contributed by atoms with van der Waals surface area (Å²) in [5, 5.41) is 0. The molecule has 0 saturated carbocycles. The van der Waals surface area contributed by atoms with Crippen molar-refractivity contribution < 1.29 is 0 Å². The minimum absolute atomic E-state index is 0.874. The van der Waals surface area contributed by atoms with Gasteiger partial charge in [0.2, 0.25) is 0 Å². The number of hydrogen-bond donors (Lipinski definition) is 0. The van der Waals surface area contributed by atoms with E-state index in [-0.39, 0.29) is 0 Å². The molecule has 0 spiro atoms. The molecule has 2 aromatic rings. The Morgan fingerprint density at radius 3 is 2.00 bits per heavy atom. The Bertz CT molecular complexity index is 712. The topological polar surface area (TPSA) is 25.8 Å². The zero-order valence-corrected chi connectivity index (χ0v) is 12.6. The van der Waals surface area contributed by atoms with Crippen molar-refractivity contribution >= 4 is 0 Å². The molecule has 1 aliphatic carbocycles. The third-order valence-electron chi connectivity index (χ3n) is 4.73. The molecule has 19 heavy (non-hydrogen) atoms. The lowest BCUT2D eigenvalue weighted by atomic mass is 9.90. The van der Waals surface area contributed by atoms with Gasteiger partial charge in [-0.2, -0.15) is 0 Å². The van der Waals surface area contributed by atoms with Gasteiger partial charge < -0.3 is 0 Å². The third kappa shape index (κ3) is 1.55. The minimum Gasteiger partial charge on any atom is -0.238 e. The van der Waals surface area contributed by atoms with E-state index < -0.39 is 0 Å². The second kappa shape index (κ2) is 3.89. The molecule has 98 valence electrons. The standard InChI is InChI=1S/C17H20N2/c1-8-9(2)11(4)16-14(10(8)3)7-15-12(5)18-13(6)19-17(15)16/h7H2,1-6H3. The maximum atomic E-state index is 4.72. The first kappa shape index (κ1) is 12.3. The fourth-order valence-electron chi connectivity index (χ4n) is 3.26. The van der Waals surface area contributed by atoms with Crippen LogP contribution in [0.15, 0.2) is 0 Å². The van der Waals surface area contributed by atoms with Gasteiger partial charge in [0.25, 0.3) is 0 Å². The number of nitrogens with zero attached hydrogens (tertiary/aromatic N) is 2. The molecule has 0 radical (unpaired) electrons. The number of hydrogen-bond acceptors (Lipinski definition) is 2. The maximum Gasteiger partial charge on any atom is 0.126 e. The van der Waals surface area contributed by atoms with Crippen molar-refractivity contribution in [1.82, 2.24) is 9.97 Å². The van der Waals surface area contributed by atoms with Crippen molar-refractivity contribution in [1.29, 1.82) is 0 Å². The number of fused-ring (bicyclic) bond motifs is 3. The summed E-state index contributed by atoms with van der Waals surface area (Å²) in [7, 11) is 0. The summed E-state index contributed by atoms with van der Waals surface area (Å²) in [5.41, 5.74) is 12.1. The van der Waals surface area contributed by atoms with E-state index in [1.807, 2.05) is 6.92 Å². The Labute approximate surface area is 114 Å². The van der Waals surface area contributed by atoms with Crippen LogP contribution in [0.3, 0.4) is 0 Å². The number of aryl methyl sites for hydroxylation is 2. The first-order valence-electron chi connectivity index (χ1n) is 6.85. The highest BCUT2D eigenvalue weighted by Crippen LogP contribution is 2.42. The molecule has 0 unspecified atom stereocenters. The van der Waals surface area contributed by atoms with Gasteiger partial charge in [-0.1, -0.05) is 0 Å². The van der Waals surface area contributed by atoms with E-state index in [1.165, 1.54) is 44.6 Å². The van der Waals surface area contributed by atoms with E-state index in [9.17, 15) is 0 Å². The van der Waals surface area contributed by atoms with E-state index in [1.54, 1.807) is 0 Å². The van der Waals surface area contributed by atoms with Crippen LogP contribution in [0.2, 0.25) is 0 Å². The number of rotatable bonds is 0. The molecule has 0 aliphatic heterocycles. The predicted octanol–water partition coefficient (Wildman–Crippen LogP) is 3.90. The summed E-state index contributed by atoms with van der Waals surface area (Å²) in [4.78, 5) is 9.24. The predicted molar refractivity (Wildman–Crippen MR) is 78.7 cm³/mol. The maximum absolute atomic E-state index is 4.72. The molecule has 0 saturated heterocycles. The monoisotopic (exact) mass is 252 g/mol. The van der Waals surface area contributed by atoms with Gasteiger partial charge in [-0.3, -0.25) is 0 Å². The highest BCUT2D eigenvalue weighted by atomic mass is 14.9. The van der Waals surface area contributed by atoms with Gasteiger partial charge in [0, 0.05) is 23.2 Å². The van der Waals surface area contributed by atoms with E-state index in [0.29, 0.717) is 0 Å². The Kier molecular flexibility index (Phi) is 2.53. The summed E-state index contributed by atoms with van der Waals surface area (Å²) >= 11 is 0. The fourth-order valence-corrected chi connectivity index (χ4v) is 3.26. The average Bonchev–Trinajstić information content (AvgIpc) is 2.73. The summed E-state index contributed by atoms with van der Waals surface area (Å²) in [5.74, 6) is 0.874. The van der Waals surface area contributed by atoms with Gasteiger partial charge in [-0.25, -0.2) is 9.97 Å². The number of benzene rings is 1. The molecule has 0 N–H and O–H groups in total. The van der Waals surface area contributed by atoms with E-state index in [4.69, 9.17) is 4.98 Å². The molecular formula is C17H20N2. The van der Waals surface area contributed by atoms with Crippen LogP contribution in [0.1, 0.15) is 44.9 Å². The molecule has 1 aliphatic rings. The average molecular weight is 252 g/mol. The van der Waals surface area contributed by atoms with Gasteiger partial charge in [-0.15, -0.1) is 0 Å². The highest BCUT2D eigenvalue weighted by molar-refractivity contribution is 5.80. The van der Waals surface area contributed by atoms with E-state index in [2.05, 4.69) is 39.6 Å². The summed E-state index contributed by atoms with van der Waals surface area (Å²) in [6.45, 7) is 13.0. The largest absolute Gasteiger partial charge is 0.238 e. The molecule has 2 nitrogen and oxygen atoms in total. The Morgan fingerprint density at radius 1 is 0.684 bits per heavy atom. The van der Waals surface area contributed by atoms with Crippen LogP contribution in [0.5, 0.6) is 0 Å². The van der Waals surface area contributed by atoms with Crippen LogP contribution in [0.4, 0.5) is 0 Å². The van der Waals surface area contributed by atoms with Crippen LogP contribution in [0, 0.1) is 41.5 Å². The van der Waals surface area contributed by atoms with Gasteiger partial charge >= 0.3 is 0 Å². The van der Waals surface area contributed by atoms with Gasteiger partial charge in [0.05, 0.1) is 5.69 Å². The first-order chi connectivity index (χ1) is 8.91. The molecule has 0 fully saturated rings. The molecule has 0 bridgehead atoms. The molecule has 2 heteroatoms. The summed E-state index contributed by atoms with van der Waals surface area (Å²) in [6.07, 6.45) is 0.991. The van der Waals surface area contributed by atoms with Crippen molar-refractivity contribution in [2.45, 2.75) is 48.0 Å².